The molecule has 0 aliphatic heterocycles. The number of rotatable bonds is 8. The van der Waals surface area contributed by atoms with Crippen molar-refractivity contribution < 1.29 is 43.8 Å². The molecule has 0 fully saturated rings. The van der Waals surface area contributed by atoms with Gasteiger partial charge in [-0.3, -0.25) is 4.79 Å². The Morgan fingerprint density at radius 1 is 1.06 bits per heavy atom. The summed E-state index contributed by atoms with van der Waals surface area (Å²) in [4.78, 5) is 10.5. The topological polar surface area (TPSA) is 94.8 Å². The zero-order valence-electron chi connectivity index (χ0n) is 11.4. The van der Waals surface area contributed by atoms with Gasteiger partial charge in [-0.15, -0.1) is 0 Å². The first-order valence-electron chi connectivity index (χ1n) is 6.28. The van der Waals surface area contributed by atoms with E-state index in [9.17, 15) is 4.79 Å². The van der Waals surface area contributed by atoms with Crippen molar-refractivity contribution in [1.82, 2.24) is 0 Å². The first-order chi connectivity index (χ1) is 8.63. The van der Waals surface area contributed by atoms with Crippen LogP contribution >= 0.6 is 0 Å². The summed E-state index contributed by atoms with van der Waals surface area (Å²) in [5.41, 5.74) is 0. The molecule has 18 heavy (non-hydrogen) atoms. The Kier molecular flexibility index (Phi) is 28.3. The van der Waals surface area contributed by atoms with Gasteiger partial charge in [0.2, 0.25) is 0 Å². The molecule has 0 rings (SSSR count). The molecule has 1 unspecified atom stereocenters. The number of carbonyl (C=O) groups is 1. The van der Waals surface area contributed by atoms with E-state index >= 15 is 0 Å². The van der Waals surface area contributed by atoms with E-state index in [-0.39, 0.29) is 12.5 Å². The van der Waals surface area contributed by atoms with Crippen LogP contribution in [0.2, 0.25) is 0 Å². The van der Waals surface area contributed by atoms with Crippen molar-refractivity contribution in [1.29, 1.82) is 0 Å². The molecule has 3 N–H and O–H groups in total. The number of carboxylic acids is 1. The molecule has 0 bridgehead atoms. The molecule has 6 heteroatoms. The van der Waals surface area contributed by atoms with Crippen molar-refractivity contribution in [3.8, 4) is 0 Å². The fraction of sp³-hybridized carbons (Fsp3) is 0.917. The second kappa shape index (κ2) is 22.1. The number of aliphatic hydroxyl groups excluding tert-OH is 2. The standard InChI is InChI=1S/C8H16O3.C4H10O.O.Ti/c1-2-7(8(10)11)5-3-4-6-9;1-2-3-4-5;;/h7,9H,2-6H2,1H3,(H,10,11);5H,2-4H2,1H3;;. The van der Waals surface area contributed by atoms with E-state index in [1.54, 1.807) is 0 Å². The van der Waals surface area contributed by atoms with Gasteiger partial charge in [0.25, 0.3) is 0 Å². The predicted octanol–water partition coefficient (Wildman–Crippen LogP) is 1.92. The molecule has 0 heterocycles. The maximum absolute atomic E-state index is 10.5. The summed E-state index contributed by atoms with van der Waals surface area (Å²) >= 11 is 0.750. The van der Waals surface area contributed by atoms with E-state index in [0.29, 0.717) is 25.9 Å². The van der Waals surface area contributed by atoms with Gasteiger partial charge in [-0.2, -0.15) is 0 Å². The van der Waals surface area contributed by atoms with Crippen molar-refractivity contribution in [2.75, 3.05) is 13.2 Å². The summed E-state index contributed by atoms with van der Waals surface area (Å²) in [6.45, 7) is 4.43. The summed E-state index contributed by atoms with van der Waals surface area (Å²) in [5.74, 6) is -0.938. The number of hydrogen-bond acceptors (Lipinski definition) is 4. The summed E-state index contributed by atoms with van der Waals surface area (Å²) in [7, 11) is 0. The van der Waals surface area contributed by atoms with Crippen LogP contribution in [0.3, 0.4) is 0 Å². The molecule has 0 saturated carbocycles. The molecular formula is C12H26O5Ti. The van der Waals surface area contributed by atoms with Gasteiger partial charge in [0.05, 0.1) is 5.92 Å². The molecule has 5 nitrogen and oxygen atoms in total. The SMILES string of the molecule is CCC(CCCCO)C(=O)O.CCCCO.[O]=[Ti]. The van der Waals surface area contributed by atoms with Gasteiger partial charge in [0.1, 0.15) is 0 Å². The van der Waals surface area contributed by atoms with Gasteiger partial charge < -0.3 is 15.3 Å². The van der Waals surface area contributed by atoms with Gasteiger partial charge in [-0.05, 0) is 25.7 Å². The summed E-state index contributed by atoms with van der Waals surface area (Å²) < 4.78 is 8.25. The van der Waals surface area contributed by atoms with Crippen molar-refractivity contribution >= 4 is 5.97 Å². The van der Waals surface area contributed by atoms with Gasteiger partial charge in [0, 0.05) is 13.2 Å². The molecule has 0 aromatic carbocycles. The van der Waals surface area contributed by atoms with Gasteiger partial charge in [-0.25, -0.2) is 0 Å². The van der Waals surface area contributed by atoms with Crippen molar-refractivity contribution in [2.24, 2.45) is 5.92 Å². The molecule has 0 saturated heterocycles. The molecule has 0 aliphatic carbocycles. The average molecular weight is 298 g/mol. The number of hydrogen-bond donors (Lipinski definition) is 3. The average Bonchev–Trinajstić information content (AvgIpc) is 2.38. The van der Waals surface area contributed by atoms with Crippen LogP contribution in [-0.4, -0.2) is 34.5 Å². The van der Waals surface area contributed by atoms with E-state index in [4.69, 9.17) is 18.6 Å². The quantitative estimate of drug-likeness (QED) is 0.470. The Morgan fingerprint density at radius 2 is 1.56 bits per heavy atom. The van der Waals surface area contributed by atoms with Crippen molar-refractivity contribution in [2.45, 2.75) is 52.4 Å². The van der Waals surface area contributed by atoms with Crippen LogP contribution in [0, 0.1) is 5.92 Å². The van der Waals surface area contributed by atoms with E-state index in [1.165, 1.54) is 0 Å². The van der Waals surface area contributed by atoms with Crippen molar-refractivity contribution in [3.05, 3.63) is 0 Å². The van der Waals surface area contributed by atoms with Crippen LogP contribution in [0.4, 0.5) is 0 Å². The van der Waals surface area contributed by atoms with E-state index in [1.807, 2.05) is 6.92 Å². The number of aliphatic hydroxyl groups is 2. The predicted molar refractivity (Wildman–Crippen MR) is 65.0 cm³/mol. The Balaban J connectivity index is -0.000000270. The Hall–Kier alpha value is -0.0957. The number of aliphatic carboxylic acids is 1. The fourth-order valence-electron chi connectivity index (χ4n) is 1.16. The minimum atomic E-state index is -0.717. The van der Waals surface area contributed by atoms with Crippen LogP contribution in [0.5, 0.6) is 0 Å². The maximum atomic E-state index is 10.5. The molecule has 0 spiro atoms. The first-order valence-corrected chi connectivity index (χ1v) is 6.92. The van der Waals surface area contributed by atoms with Crippen LogP contribution in [-0.2, 0) is 28.5 Å². The molecule has 1 atom stereocenters. The third-order valence-corrected chi connectivity index (χ3v) is 2.31. The molecule has 108 valence electrons. The molecular weight excluding hydrogens is 272 g/mol. The number of carboxylic acid groups (broad SMARTS) is 1. The first kappa shape index (κ1) is 23.0. The second-order valence-corrected chi connectivity index (χ2v) is 3.74. The van der Waals surface area contributed by atoms with Gasteiger partial charge in [-0.1, -0.05) is 26.7 Å². The Labute approximate surface area is 121 Å². The van der Waals surface area contributed by atoms with Crippen molar-refractivity contribution in [3.63, 3.8) is 0 Å². The fourth-order valence-corrected chi connectivity index (χ4v) is 1.16. The summed E-state index contributed by atoms with van der Waals surface area (Å²) in [6, 6.07) is 0. The molecule has 0 aromatic rings. The minimum absolute atomic E-state index is 0.163. The zero-order valence-corrected chi connectivity index (χ0v) is 13.0. The van der Waals surface area contributed by atoms with E-state index in [2.05, 4.69) is 6.92 Å². The Morgan fingerprint density at radius 3 is 1.78 bits per heavy atom. The number of unbranched alkanes of at least 4 members (excludes halogenated alkanes) is 2. The summed E-state index contributed by atoms with van der Waals surface area (Å²) in [5, 5.41) is 25.1. The van der Waals surface area contributed by atoms with Crippen LogP contribution in [0.1, 0.15) is 52.4 Å². The van der Waals surface area contributed by atoms with Crippen LogP contribution in [0.15, 0.2) is 0 Å². The van der Waals surface area contributed by atoms with Crippen LogP contribution in [0.25, 0.3) is 0 Å². The summed E-state index contributed by atoms with van der Waals surface area (Å²) in [6.07, 6.45) is 4.93. The van der Waals surface area contributed by atoms with Crippen LogP contribution < -0.4 is 0 Å². The van der Waals surface area contributed by atoms with E-state index in [0.717, 1.165) is 39.7 Å². The zero-order chi connectivity index (χ0) is 14.8. The molecule has 0 radical (unpaired) electrons. The third-order valence-electron chi connectivity index (χ3n) is 2.31. The second-order valence-electron chi connectivity index (χ2n) is 3.74. The molecule has 0 aliphatic rings. The Bertz CT molecular complexity index is 165. The third kappa shape index (κ3) is 21.2. The van der Waals surface area contributed by atoms with E-state index < -0.39 is 5.97 Å². The monoisotopic (exact) mass is 298 g/mol. The molecule has 0 amide bonds. The van der Waals surface area contributed by atoms with Gasteiger partial charge >= 0.3 is 29.7 Å². The normalized spacial score (nSPS) is 10.4. The molecule has 0 aromatic heterocycles. The van der Waals surface area contributed by atoms with Gasteiger partial charge in [0.15, 0.2) is 0 Å².